The predicted molar refractivity (Wildman–Crippen MR) is 141 cm³/mol. The summed E-state index contributed by atoms with van der Waals surface area (Å²) in [6, 6.07) is 11.6. The van der Waals surface area contributed by atoms with Crippen LogP contribution in [-0.2, 0) is 9.53 Å². The molecule has 2 heterocycles. The fourth-order valence-corrected chi connectivity index (χ4v) is 5.11. The Kier molecular flexibility index (Phi) is 8.30. The summed E-state index contributed by atoms with van der Waals surface area (Å²) < 4.78 is 11.2. The average molecular weight is 528 g/mol. The van der Waals surface area contributed by atoms with Gasteiger partial charge in [0, 0.05) is 30.9 Å². The van der Waals surface area contributed by atoms with E-state index in [-0.39, 0.29) is 6.10 Å². The Bertz CT molecular complexity index is 1100. The predicted octanol–water partition coefficient (Wildman–Crippen LogP) is 3.21. The first kappa shape index (κ1) is 26.0. The van der Waals surface area contributed by atoms with Gasteiger partial charge < -0.3 is 29.7 Å². The number of hydrogen-bond donors (Lipinski definition) is 2. The molecule has 2 atom stereocenters. The maximum Gasteiger partial charge on any atom is 0.292 e. The van der Waals surface area contributed by atoms with Crippen LogP contribution in [-0.4, -0.2) is 79.8 Å². The summed E-state index contributed by atoms with van der Waals surface area (Å²) in [5.74, 6) is -0.767. The fraction of sp³-hybridized carbons (Fsp3) is 0.500. The Balaban J connectivity index is 1.27. The van der Waals surface area contributed by atoms with Crippen LogP contribution in [0.1, 0.15) is 47.7 Å². The standard InChI is InChI=1S/C28H34ClN3O5/c29-23-17-20(5-10-25(23)37-22-8-9-22)26(33)24(18-31-11-1-2-12-31)30-28(35)27(34)19-3-6-21(7-4-19)32-13-15-36-16-14-32/h3-7,10,17,22,24,26,33H,1-2,8-9,11-16,18H2,(H,30,35)/t24-,26-/m1/s1. The number of anilines is 1. The minimum absolute atomic E-state index is 0.212. The number of rotatable bonds is 10. The maximum atomic E-state index is 13.0. The van der Waals surface area contributed by atoms with Crippen molar-refractivity contribution in [1.29, 1.82) is 0 Å². The van der Waals surface area contributed by atoms with Crippen LogP contribution in [0.25, 0.3) is 0 Å². The second-order valence-corrected chi connectivity index (χ2v) is 10.4. The van der Waals surface area contributed by atoms with Gasteiger partial charge >= 0.3 is 0 Å². The summed E-state index contributed by atoms with van der Waals surface area (Å²) in [6.45, 7) is 5.16. The molecule has 37 heavy (non-hydrogen) atoms. The van der Waals surface area contributed by atoms with E-state index in [0.29, 0.717) is 41.7 Å². The zero-order chi connectivity index (χ0) is 25.8. The van der Waals surface area contributed by atoms with Crippen LogP contribution in [0.15, 0.2) is 42.5 Å². The normalized spacial score (nSPS) is 19.9. The van der Waals surface area contributed by atoms with Crippen molar-refractivity contribution in [1.82, 2.24) is 10.2 Å². The third-order valence-electron chi connectivity index (χ3n) is 7.18. The monoisotopic (exact) mass is 527 g/mol. The molecule has 0 bridgehead atoms. The number of nitrogens with one attached hydrogen (secondary N) is 1. The summed E-state index contributed by atoms with van der Waals surface area (Å²) in [5.41, 5.74) is 1.88. The minimum atomic E-state index is -1.03. The molecule has 0 unspecified atom stereocenters. The maximum absolute atomic E-state index is 13.0. The lowest BCUT2D eigenvalue weighted by Crippen LogP contribution is -2.48. The second-order valence-electron chi connectivity index (χ2n) is 10.0. The lowest BCUT2D eigenvalue weighted by molar-refractivity contribution is -0.118. The smallest absolute Gasteiger partial charge is 0.292 e. The number of carbonyl (C=O) groups excluding carboxylic acids is 2. The van der Waals surface area contributed by atoms with Crippen LogP contribution in [0, 0.1) is 0 Å². The van der Waals surface area contributed by atoms with Crippen LogP contribution in [0.4, 0.5) is 5.69 Å². The molecule has 0 radical (unpaired) electrons. The van der Waals surface area contributed by atoms with Crippen molar-refractivity contribution in [3.8, 4) is 5.75 Å². The Hall–Kier alpha value is -2.65. The van der Waals surface area contributed by atoms with Gasteiger partial charge in [-0.15, -0.1) is 0 Å². The Labute approximate surface area is 222 Å². The number of Topliss-reactive ketones (excluding diaryl/α,β-unsaturated/α-hetero) is 1. The third-order valence-corrected chi connectivity index (χ3v) is 7.47. The molecule has 198 valence electrons. The number of ketones is 1. The highest BCUT2D eigenvalue weighted by molar-refractivity contribution is 6.42. The highest BCUT2D eigenvalue weighted by Gasteiger charge is 2.30. The number of halogens is 1. The van der Waals surface area contributed by atoms with Crippen molar-refractivity contribution < 1.29 is 24.2 Å². The zero-order valence-electron chi connectivity index (χ0n) is 20.9. The van der Waals surface area contributed by atoms with Gasteiger partial charge in [0.15, 0.2) is 0 Å². The van der Waals surface area contributed by atoms with E-state index < -0.39 is 23.8 Å². The molecule has 1 amide bonds. The molecule has 2 aromatic carbocycles. The van der Waals surface area contributed by atoms with Crippen molar-refractivity contribution in [2.45, 2.75) is 43.9 Å². The SMILES string of the molecule is O=C(N[C@H](CN1CCCC1)[C@H](O)c1ccc(OC2CC2)c(Cl)c1)C(=O)c1ccc(N2CCOCC2)cc1. The average Bonchev–Trinajstić information content (AvgIpc) is 3.60. The van der Waals surface area contributed by atoms with E-state index in [1.807, 2.05) is 12.1 Å². The largest absolute Gasteiger partial charge is 0.489 e. The van der Waals surface area contributed by atoms with Gasteiger partial charge in [0.1, 0.15) is 11.9 Å². The lowest BCUT2D eigenvalue weighted by atomic mass is 10.0. The van der Waals surface area contributed by atoms with E-state index in [9.17, 15) is 14.7 Å². The van der Waals surface area contributed by atoms with Gasteiger partial charge in [0.25, 0.3) is 5.91 Å². The first-order valence-corrected chi connectivity index (χ1v) is 13.5. The topological polar surface area (TPSA) is 91.3 Å². The first-order valence-electron chi connectivity index (χ1n) is 13.1. The molecule has 9 heteroatoms. The highest BCUT2D eigenvalue weighted by Crippen LogP contribution is 2.34. The van der Waals surface area contributed by atoms with Gasteiger partial charge in [-0.3, -0.25) is 9.59 Å². The van der Waals surface area contributed by atoms with E-state index in [4.69, 9.17) is 21.1 Å². The minimum Gasteiger partial charge on any atom is -0.489 e. The molecule has 2 aromatic rings. The molecule has 1 aliphatic carbocycles. The molecule has 0 spiro atoms. The van der Waals surface area contributed by atoms with Gasteiger partial charge in [0.05, 0.1) is 30.4 Å². The highest BCUT2D eigenvalue weighted by atomic mass is 35.5. The molecule has 3 fully saturated rings. The van der Waals surface area contributed by atoms with Crippen LogP contribution in [0.3, 0.4) is 0 Å². The molecular formula is C28H34ClN3O5. The zero-order valence-corrected chi connectivity index (χ0v) is 21.7. The number of aliphatic hydroxyl groups excluding tert-OH is 1. The van der Waals surface area contributed by atoms with Gasteiger partial charge in [-0.25, -0.2) is 0 Å². The number of benzene rings is 2. The van der Waals surface area contributed by atoms with Crippen LogP contribution in [0.5, 0.6) is 5.75 Å². The van der Waals surface area contributed by atoms with Crippen molar-refractivity contribution in [2.75, 3.05) is 50.8 Å². The van der Waals surface area contributed by atoms with Gasteiger partial charge in [-0.1, -0.05) is 17.7 Å². The van der Waals surface area contributed by atoms with Crippen LogP contribution in [0.2, 0.25) is 5.02 Å². The Morgan fingerprint density at radius 2 is 1.76 bits per heavy atom. The summed E-state index contributed by atoms with van der Waals surface area (Å²) in [5, 5.41) is 14.5. The van der Waals surface area contributed by atoms with E-state index in [2.05, 4.69) is 15.1 Å². The number of likely N-dealkylation sites (tertiary alicyclic amines) is 1. The first-order chi connectivity index (χ1) is 18.0. The Morgan fingerprint density at radius 1 is 1.05 bits per heavy atom. The van der Waals surface area contributed by atoms with Gasteiger partial charge in [-0.05, 0) is 80.7 Å². The molecule has 1 saturated carbocycles. The number of nitrogens with zero attached hydrogens (tertiary/aromatic N) is 2. The summed E-state index contributed by atoms with van der Waals surface area (Å²) in [6.07, 6.45) is 3.37. The summed E-state index contributed by atoms with van der Waals surface area (Å²) >= 11 is 6.43. The summed E-state index contributed by atoms with van der Waals surface area (Å²) in [4.78, 5) is 30.4. The van der Waals surface area contributed by atoms with E-state index in [0.717, 1.165) is 57.5 Å². The summed E-state index contributed by atoms with van der Waals surface area (Å²) in [7, 11) is 0. The molecule has 2 N–H and O–H groups in total. The number of amides is 1. The quantitative estimate of drug-likeness (QED) is 0.362. The molecular weight excluding hydrogens is 494 g/mol. The van der Waals surface area contributed by atoms with Crippen molar-refractivity contribution in [3.63, 3.8) is 0 Å². The molecule has 8 nitrogen and oxygen atoms in total. The van der Waals surface area contributed by atoms with Crippen molar-refractivity contribution >= 4 is 29.0 Å². The number of hydrogen-bond acceptors (Lipinski definition) is 7. The van der Waals surface area contributed by atoms with Crippen LogP contribution < -0.4 is 15.0 Å². The fourth-order valence-electron chi connectivity index (χ4n) is 4.87. The van der Waals surface area contributed by atoms with Crippen LogP contribution >= 0.6 is 11.6 Å². The van der Waals surface area contributed by atoms with E-state index >= 15 is 0 Å². The number of aliphatic hydroxyl groups is 1. The van der Waals surface area contributed by atoms with Crippen molar-refractivity contribution in [3.05, 3.63) is 58.6 Å². The van der Waals surface area contributed by atoms with Gasteiger partial charge in [0.2, 0.25) is 5.78 Å². The number of carbonyl (C=O) groups is 2. The molecule has 5 rings (SSSR count). The second kappa shape index (κ2) is 11.8. The number of ether oxygens (including phenoxy) is 2. The van der Waals surface area contributed by atoms with E-state index in [1.165, 1.54) is 0 Å². The lowest BCUT2D eigenvalue weighted by Gasteiger charge is -2.29. The molecule has 0 aromatic heterocycles. The Morgan fingerprint density at radius 3 is 2.41 bits per heavy atom. The molecule has 2 aliphatic heterocycles. The van der Waals surface area contributed by atoms with Gasteiger partial charge in [-0.2, -0.15) is 0 Å². The van der Waals surface area contributed by atoms with E-state index in [1.54, 1.807) is 30.3 Å². The number of morpholine rings is 1. The third kappa shape index (κ3) is 6.62. The molecule has 2 saturated heterocycles. The van der Waals surface area contributed by atoms with Crippen molar-refractivity contribution in [2.24, 2.45) is 0 Å². The molecule has 3 aliphatic rings.